The van der Waals surface area contributed by atoms with Crippen molar-refractivity contribution in [3.8, 4) is 0 Å². The Kier molecular flexibility index (Phi) is 21.0. The summed E-state index contributed by atoms with van der Waals surface area (Å²) in [6, 6.07) is 85.7. The maximum absolute atomic E-state index is 14.2. The van der Waals surface area contributed by atoms with Gasteiger partial charge in [0.2, 0.25) is 12.1 Å². The molecule has 2 aliphatic rings. The van der Waals surface area contributed by atoms with Crippen molar-refractivity contribution in [2.24, 2.45) is 0 Å². The Bertz CT molecular complexity index is 3670. The highest BCUT2D eigenvalue weighted by Gasteiger charge is 2.65. The molecule has 0 aromatic heterocycles. The van der Waals surface area contributed by atoms with Gasteiger partial charge in [0.1, 0.15) is 35.6 Å². The highest BCUT2D eigenvalue weighted by atomic mass is 16.8. The molecule has 0 radical (unpaired) electrons. The fraction of sp³-hybridized carbons (Fsp3) is 0.253. The third-order valence-corrected chi connectivity index (χ3v) is 16.9. The molecule has 9 aromatic carbocycles. The SMILES string of the molecule is CC(=O)O[C@@H]1[C@@H](OC(C)=O)[C@@H](O[C@]2(COC(c3ccccc3)(c3ccccc3)c3ccccc3)O[C@H](COC(c3ccccc3)(c3ccccc3)c3ccccc3)[C@@H](OC(C)=O)[C@@H]2OC(C)=O)O[C@H](COC(c2ccccc2)(c2ccccc2)c2ccccc2)[C@H]1OC(C)=O. The third kappa shape index (κ3) is 14.3. The molecule has 9 atom stereocenters. The first-order valence-corrected chi connectivity index (χ1v) is 31.5. The van der Waals surface area contributed by atoms with Gasteiger partial charge < -0.3 is 52.1 Å². The van der Waals surface area contributed by atoms with Crippen LogP contribution in [-0.2, 0) is 92.9 Å². The molecule has 2 fully saturated rings. The van der Waals surface area contributed by atoms with E-state index in [1.54, 1.807) is 0 Å². The van der Waals surface area contributed by atoms with Crippen molar-refractivity contribution in [3.63, 3.8) is 0 Å². The van der Waals surface area contributed by atoms with Gasteiger partial charge >= 0.3 is 29.8 Å². The average molecular weight is 1280 g/mol. The normalized spacial score (nSPS) is 21.1. The van der Waals surface area contributed by atoms with E-state index in [1.807, 2.05) is 273 Å². The van der Waals surface area contributed by atoms with Gasteiger partial charge in [-0.25, -0.2) is 0 Å². The second-order valence-corrected chi connectivity index (χ2v) is 23.2. The van der Waals surface area contributed by atoms with Crippen LogP contribution >= 0.6 is 0 Å². The molecule has 0 saturated carbocycles. The van der Waals surface area contributed by atoms with Gasteiger partial charge in [-0.1, -0.05) is 273 Å². The second kappa shape index (κ2) is 30.0. The largest absolute Gasteiger partial charge is 0.456 e. The van der Waals surface area contributed by atoms with Crippen molar-refractivity contribution < 1.29 is 76.1 Å². The van der Waals surface area contributed by atoms with Crippen LogP contribution in [0.1, 0.15) is 84.7 Å². The lowest BCUT2D eigenvalue weighted by Crippen LogP contribution is -2.66. The van der Waals surface area contributed by atoms with E-state index >= 15 is 0 Å². The number of ether oxygens (including phenoxy) is 11. The summed E-state index contributed by atoms with van der Waals surface area (Å²) in [4.78, 5) is 69.3. The first-order chi connectivity index (χ1) is 46.2. The van der Waals surface area contributed by atoms with Crippen LogP contribution in [0.5, 0.6) is 0 Å². The number of carbonyl (C=O) groups excluding carboxylic acids is 5. The molecule has 0 bridgehead atoms. The van der Waals surface area contributed by atoms with E-state index in [2.05, 4.69) is 0 Å². The fourth-order valence-electron chi connectivity index (χ4n) is 13.1. The summed E-state index contributed by atoms with van der Waals surface area (Å²) in [5.74, 6) is -6.79. The van der Waals surface area contributed by atoms with Gasteiger partial charge in [-0.3, -0.25) is 24.0 Å². The summed E-state index contributed by atoms with van der Waals surface area (Å²) in [6.45, 7) is 4.25. The minimum absolute atomic E-state index is 0.415. The number of hydrogen-bond donors (Lipinski definition) is 0. The number of hydrogen-bond acceptors (Lipinski definition) is 16. The minimum Gasteiger partial charge on any atom is -0.456 e. The van der Waals surface area contributed by atoms with Crippen molar-refractivity contribution in [2.45, 2.75) is 106 Å². The molecule has 2 aliphatic heterocycles. The lowest BCUT2D eigenvalue weighted by Gasteiger charge is -2.48. The van der Waals surface area contributed by atoms with Gasteiger partial charge in [-0.15, -0.1) is 0 Å². The van der Waals surface area contributed by atoms with Gasteiger partial charge in [0.25, 0.3) is 0 Å². The average Bonchev–Trinajstić information content (AvgIpc) is 1.73. The monoisotopic (exact) mass is 1280 g/mol. The van der Waals surface area contributed by atoms with E-state index in [0.717, 1.165) is 30.5 Å². The summed E-state index contributed by atoms with van der Waals surface area (Å²) in [7, 11) is 0. The standard InChI is InChI=1S/C79H74O16/c1-54(80)88-70-68(51-85-77(59-33-15-6-16-34-59,60-35-17-7-18-36-60)61-37-19-8-20-38-61)93-75(73(91-57(4)83)72(70)90-56(3)82)95-76(53-87-79(65-45-27-12-28-46-65,66-47-29-13-30-48-66)67-49-31-14-32-50-67)74(92-58(5)84)71(89-55(2)81)69(94-76)52-86-78(62-39-21-9-22-40-62,63-41-23-10-24-42-63)64-43-25-11-26-44-64/h6-50,68-75H,51-53H2,1-5H3/t68-,69-,70-,71-,72+,73-,74+,75-,76+/m1/s1. The van der Waals surface area contributed by atoms with Gasteiger partial charge in [0.15, 0.2) is 30.5 Å². The molecular weight excluding hydrogens is 1200 g/mol. The number of carbonyl (C=O) groups is 5. The van der Waals surface area contributed by atoms with Crippen molar-refractivity contribution in [2.75, 3.05) is 19.8 Å². The smallest absolute Gasteiger partial charge is 0.303 e. The van der Waals surface area contributed by atoms with Gasteiger partial charge in [-0.05, 0) is 50.1 Å². The topological polar surface area (TPSA) is 187 Å². The van der Waals surface area contributed by atoms with Crippen LogP contribution in [0.2, 0.25) is 0 Å². The predicted molar refractivity (Wildman–Crippen MR) is 351 cm³/mol. The van der Waals surface area contributed by atoms with Crippen LogP contribution in [0.4, 0.5) is 0 Å². The fourth-order valence-corrected chi connectivity index (χ4v) is 13.1. The van der Waals surface area contributed by atoms with Crippen LogP contribution in [-0.4, -0.2) is 104 Å². The maximum atomic E-state index is 14.2. The van der Waals surface area contributed by atoms with Crippen LogP contribution in [0.3, 0.4) is 0 Å². The van der Waals surface area contributed by atoms with E-state index in [4.69, 9.17) is 52.1 Å². The summed E-state index contributed by atoms with van der Waals surface area (Å²) < 4.78 is 76.1. The molecule has 486 valence electrons. The predicted octanol–water partition coefficient (Wildman–Crippen LogP) is 12.5. The molecule has 0 unspecified atom stereocenters. The number of rotatable bonds is 25. The lowest BCUT2D eigenvalue weighted by atomic mass is 9.80. The molecule has 95 heavy (non-hydrogen) atoms. The van der Waals surface area contributed by atoms with Gasteiger partial charge in [-0.2, -0.15) is 0 Å². The molecule has 0 amide bonds. The second-order valence-electron chi connectivity index (χ2n) is 23.2. The van der Waals surface area contributed by atoms with Crippen LogP contribution in [0.15, 0.2) is 273 Å². The van der Waals surface area contributed by atoms with Crippen molar-refractivity contribution in [1.29, 1.82) is 0 Å². The Morgan fingerprint density at radius 2 is 0.568 bits per heavy atom. The Morgan fingerprint density at radius 1 is 0.316 bits per heavy atom. The number of esters is 5. The first-order valence-electron chi connectivity index (χ1n) is 31.5. The van der Waals surface area contributed by atoms with E-state index in [9.17, 15) is 24.0 Å². The number of benzene rings is 9. The summed E-state index contributed by atoms with van der Waals surface area (Å²) in [6.07, 6.45) is -13.4. The maximum Gasteiger partial charge on any atom is 0.303 e. The molecule has 9 aromatic rings. The molecule has 2 heterocycles. The Hall–Kier alpha value is -9.91. The molecule has 16 nitrogen and oxygen atoms in total. The molecule has 16 heteroatoms. The van der Waals surface area contributed by atoms with Crippen molar-refractivity contribution in [3.05, 3.63) is 323 Å². The van der Waals surface area contributed by atoms with Crippen molar-refractivity contribution in [1.82, 2.24) is 0 Å². The Balaban J connectivity index is 1.12. The van der Waals surface area contributed by atoms with Crippen LogP contribution in [0, 0.1) is 0 Å². The first kappa shape index (κ1) is 66.5. The minimum atomic E-state index is -2.55. The van der Waals surface area contributed by atoms with E-state index in [0.29, 0.717) is 33.4 Å². The lowest BCUT2D eigenvalue weighted by molar-refractivity contribution is -0.390. The third-order valence-electron chi connectivity index (χ3n) is 16.9. The van der Waals surface area contributed by atoms with Crippen molar-refractivity contribution >= 4 is 29.8 Å². The highest BCUT2D eigenvalue weighted by Crippen LogP contribution is 2.49. The summed E-state index contributed by atoms with van der Waals surface area (Å²) in [5, 5.41) is 0. The molecule has 0 N–H and O–H groups in total. The van der Waals surface area contributed by atoms with Crippen LogP contribution in [0.25, 0.3) is 0 Å². The molecular formula is C79H74O16. The summed E-state index contributed by atoms with van der Waals surface area (Å²) >= 11 is 0. The zero-order chi connectivity index (χ0) is 66.4. The Morgan fingerprint density at radius 3 is 0.863 bits per heavy atom. The Labute approximate surface area is 552 Å². The van der Waals surface area contributed by atoms with E-state index in [1.165, 1.54) is 20.8 Å². The van der Waals surface area contributed by atoms with Crippen LogP contribution < -0.4 is 0 Å². The van der Waals surface area contributed by atoms with E-state index in [-0.39, 0.29) is 0 Å². The molecule has 0 spiro atoms. The zero-order valence-electron chi connectivity index (χ0n) is 53.3. The summed E-state index contributed by atoms with van der Waals surface area (Å²) in [5.41, 5.74) is 1.86. The van der Waals surface area contributed by atoms with E-state index < -0.39 is 121 Å². The zero-order valence-corrected chi connectivity index (χ0v) is 53.3. The van der Waals surface area contributed by atoms with Gasteiger partial charge in [0.05, 0.1) is 13.2 Å². The molecule has 0 aliphatic carbocycles. The quantitative estimate of drug-likeness (QED) is 0.0298. The van der Waals surface area contributed by atoms with Gasteiger partial charge in [0, 0.05) is 34.6 Å². The molecule has 2 saturated heterocycles. The molecule has 11 rings (SSSR count). The highest BCUT2D eigenvalue weighted by molar-refractivity contribution is 5.69.